The van der Waals surface area contributed by atoms with Crippen molar-refractivity contribution >= 4 is 22.7 Å². The molecule has 0 saturated carbocycles. The largest absolute Gasteiger partial charge is 0.506 e. The lowest BCUT2D eigenvalue weighted by Gasteiger charge is -2.04. The van der Waals surface area contributed by atoms with E-state index in [0.29, 0.717) is 5.56 Å². The third-order valence-electron chi connectivity index (χ3n) is 2.97. The predicted octanol–water partition coefficient (Wildman–Crippen LogP) is 1.59. The van der Waals surface area contributed by atoms with Crippen LogP contribution in [0.4, 0.5) is 22.7 Å². The highest BCUT2D eigenvalue weighted by Crippen LogP contribution is 2.33. The van der Waals surface area contributed by atoms with Gasteiger partial charge in [-0.25, -0.2) is 0 Å². The van der Waals surface area contributed by atoms with E-state index in [9.17, 15) is 20.2 Å². The smallest absolute Gasteiger partial charge is 0.299 e. The summed E-state index contributed by atoms with van der Waals surface area (Å²) in [7, 11) is 0. The average Bonchev–Trinajstić information content (AvgIpc) is 2.52. The molecule has 0 amide bonds. The molecule has 0 radical (unpaired) electrons. The number of aliphatic hydroxyl groups excluding tert-OH is 1. The van der Waals surface area contributed by atoms with Crippen molar-refractivity contribution in [1.29, 1.82) is 0 Å². The van der Waals surface area contributed by atoms with Crippen LogP contribution in [0, 0.1) is 20.2 Å². The first-order valence-electron chi connectivity index (χ1n) is 6.64. The number of aromatic hydroxyl groups is 1. The fourth-order valence-corrected chi connectivity index (χ4v) is 1.83. The third kappa shape index (κ3) is 4.55. The molecule has 6 N–H and O–H groups in total. The van der Waals surface area contributed by atoms with E-state index < -0.39 is 9.85 Å². The SMILES string of the molecule is Nc1c(O)ccc(CCO)c1[N+](=O)[O-].Nc1ccccc1[N+](=O)[O-]. The molecule has 2 aromatic rings. The van der Waals surface area contributed by atoms with Crippen LogP contribution in [-0.2, 0) is 6.42 Å². The number of hydrogen-bond acceptors (Lipinski definition) is 8. The monoisotopic (exact) mass is 336 g/mol. The standard InChI is InChI=1S/C8H10N2O4.C6H6N2O2/c9-7-6(12)2-1-5(3-4-11)8(7)10(13)14;7-5-3-1-2-4-6(5)8(9)10/h1-2,11-12H,3-4,9H2;1-4H,7H2. The van der Waals surface area contributed by atoms with Crippen LogP contribution in [0.2, 0.25) is 0 Å². The first-order valence-corrected chi connectivity index (χ1v) is 6.64. The number of rotatable bonds is 4. The number of phenolic OH excluding ortho intramolecular Hbond substituents is 1. The molecule has 0 aromatic heterocycles. The van der Waals surface area contributed by atoms with Gasteiger partial charge in [-0.3, -0.25) is 20.2 Å². The number of aliphatic hydroxyl groups is 1. The van der Waals surface area contributed by atoms with Crippen LogP contribution in [0.3, 0.4) is 0 Å². The van der Waals surface area contributed by atoms with Gasteiger partial charge in [0.25, 0.3) is 11.4 Å². The van der Waals surface area contributed by atoms with Crippen molar-refractivity contribution in [2.75, 3.05) is 18.1 Å². The molecule has 2 rings (SSSR count). The fraction of sp³-hybridized carbons (Fsp3) is 0.143. The Kier molecular flexibility index (Phi) is 6.44. The van der Waals surface area contributed by atoms with E-state index in [0.717, 1.165) is 0 Å². The molecule has 0 aliphatic rings. The number of hydrogen-bond donors (Lipinski definition) is 4. The summed E-state index contributed by atoms with van der Waals surface area (Å²) < 4.78 is 0. The lowest BCUT2D eigenvalue weighted by molar-refractivity contribution is -0.384. The minimum Gasteiger partial charge on any atom is -0.506 e. The number of nitro benzene ring substituents is 2. The first-order chi connectivity index (χ1) is 11.3. The molecule has 128 valence electrons. The van der Waals surface area contributed by atoms with Crippen LogP contribution < -0.4 is 11.5 Å². The van der Waals surface area contributed by atoms with Crippen molar-refractivity contribution < 1.29 is 20.1 Å². The van der Waals surface area contributed by atoms with Crippen molar-refractivity contribution in [2.24, 2.45) is 0 Å². The first kappa shape index (κ1) is 18.6. The molecule has 0 atom stereocenters. The van der Waals surface area contributed by atoms with Crippen LogP contribution in [0.25, 0.3) is 0 Å². The summed E-state index contributed by atoms with van der Waals surface area (Å²) in [6, 6.07) is 8.75. The third-order valence-corrected chi connectivity index (χ3v) is 2.97. The second-order valence-corrected chi connectivity index (χ2v) is 4.55. The molecule has 0 fully saturated rings. The quantitative estimate of drug-likeness (QED) is 0.281. The van der Waals surface area contributed by atoms with E-state index in [1.807, 2.05) is 0 Å². The van der Waals surface area contributed by atoms with E-state index in [1.54, 1.807) is 12.1 Å². The summed E-state index contributed by atoms with van der Waals surface area (Å²) in [5, 5.41) is 38.6. The Balaban J connectivity index is 0.000000254. The summed E-state index contributed by atoms with van der Waals surface area (Å²) in [4.78, 5) is 19.6. The maximum absolute atomic E-state index is 10.6. The summed E-state index contributed by atoms with van der Waals surface area (Å²) in [5.74, 6) is -0.321. The Morgan fingerprint density at radius 2 is 1.62 bits per heavy atom. The Hall–Kier alpha value is -3.40. The zero-order valence-electron chi connectivity index (χ0n) is 12.5. The van der Waals surface area contributed by atoms with Crippen LogP contribution in [0.15, 0.2) is 36.4 Å². The van der Waals surface area contributed by atoms with Crippen molar-refractivity contribution in [3.8, 4) is 5.75 Å². The molecule has 0 aliphatic heterocycles. The predicted molar refractivity (Wildman–Crippen MR) is 87.5 cm³/mol. The molecular weight excluding hydrogens is 320 g/mol. The molecule has 0 heterocycles. The zero-order chi connectivity index (χ0) is 18.3. The fourth-order valence-electron chi connectivity index (χ4n) is 1.83. The molecule has 0 saturated heterocycles. The molecule has 0 unspecified atom stereocenters. The van der Waals surface area contributed by atoms with Gasteiger partial charge in [0.1, 0.15) is 11.4 Å². The minimum absolute atomic E-state index is 0.0394. The van der Waals surface area contributed by atoms with Gasteiger partial charge in [-0.1, -0.05) is 12.1 Å². The maximum Gasteiger partial charge on any atom is 0.299 e. The average molecular weight is 336 g/mol. The number of nitro groups is 2. The Morgan fingerprint density at radius 3 is 2.08 bits per heavy atom. The Labute approximate surface area is 136 Å². The molecular formula is C14H16N4O6. The van der Waals surface area contributed by atoms with E-state index in [1.165, 1.54) is 24.3 Å². The highest BCUT2D eigenvalue weighted by molar-refractivity contribution is 5.69. The van der Waals surface area contributed by atoms with Crippen molar-refractivity contribution in [1.82, 2.24) is 0 Å². The van der Waals surface area contributed by atoms with Gasteiger partial charge in [0.15, 0.2) is 5.69 Å². The lowest BCUT2D eigenvalue weighted by Crippen LogP contribution is -2.02. The van der Waals surface area contributed by atoms with E-state index in [-0.39, 0.29) is 41.5 Å². The van der Waals surface area contributed by atoms with Crippen LogP contribution in [0.1, 0.15) is 5.56 Å². The van der Waals surface area contributed by atoms with Gasteiger partial charge in [0.2, 0.25) is 0 Å². The van der Waals surface area contributed by atoms with Crippen LogP contribution in [-0.4, -0.2) is 26.7 Å². The number of nitrogens with zero attached hydrogens (tertiary/aromatic N) is 2. The topological polar surface area (TPSA) is 179 Å². The van der Waals surface area contributed by atoms with Crippen LogP contribution in [0.5, 0.6) is 5.75 Å². The number of nitrogens with two attached hydrogens (primary N) is 2. The number of phenols is 1. The van der Waals surface area contributed by atoms with E-state index in [2.05, 4.69) is 0 Å². The van der Waals surface area contributed by atoms with Gasteiger partial charge in [-0.2, -0.15) is 0 Å². The molecule has 10 nitrogen and oxygen atoms in total. The van der Waals surface area contributed by atoms with Crippen molar-refractivity contribution in [3.63, 3.8) is 0 Å². The summed E-state index contributed by atoms with van der Waals surface area (Å²) in [5.41, 5.74) is 10.5. The molecule has 0 bridgehead atoms. The molecule has 0 aliphatic carbocycles. The van der Waals surface area contributed by atoms with Gasteiger partial charge in [0.05, 0.1) is 9.85 Å². The van der Waals surface area contributed by atoms with Gasteiger partial charge >= 0.3 is 0 Å². The molecule has 10 heteroatoms. The molecule has 2 aromatic carbocycles. The van der Waals surface area contributed by atoms with E-state index >= 15 is 0 Å². The summed E-state index contributed by atoms with van der Waals surface area (Å²) in [6.07, 6.45) is 0.140. The summed E-state index contributed by atoms with van der Waals surface area (Å²) in [6.45, 7) is -0.203. The van der Waals surface area contributed by atoms with Gasteiger partial charge < -0.3 is 21.7 Å². The second kappa shape index (κ2) is 8.29. The number of para-hydroxylation sites is 2. The van der Waals surface area contributed by atoms with Gasteiger partial charge in [-0.15, -0.1) is 0 Å². The molecule has 0 spiro atoms. The Bertz CT molecular complexity index is 750. The minimum atomic E-state index is -0.667. The number of anilines is 2. The van der Waals surface area contributed by atoms with E-state index in [4.69, 9.17) is 21.7 Å². The normalized spacial score (nSPS) is 9.71. The van der Waals surface area contributed by atoms with Crippen molar-refractivity contribution in [3.05, 3.63) is 62.2 Å². The zero-order valence-corrected chi connectivity index (χ0v) is 12.5. The summed E-state index contributed by atoms with van der Waals surface area (Å²) >= 11 is 0. The van der Waals surface area contributed by atoms with Gasteiger partial charge in [0, 0.05) is 24.7 Å². The number of nitrogen functional groups attached to an aromatic ring is 2. The number of benzene rings is 2. The lowest BCUT2D eigenvalue weighted by atomic mass is 10.1. The maximum atomic E-state index is 10.6. The second-order valence-electron chi connectivity index (χ2n) is 4.55. The van der Waals surface area contributed by atoms with Crippen LogP contribution >= 0.6 is 0 Å². The van der Waals surface area contributed by atoms with Gasteiger partial charge in [-0.05, 0) is 18.2 Å². The van der Waals surface area contributed by atoms with Crippen molar-refractivity contribution in [2.45, 2.75) is 6.42 Å². The highest BCUT2D eigenvalue weighted by Gasteiger charge is 2.20. The Morgan fingerprint density at radius 1 is 1.00 bits per heavy atom. The molecule has 24 heavy (non-hydrogen) atoms. The highest BCUT2D eigenvalue weighted by atomic mass is 16.6.